The first kappa shape index (κ1) is 10.3. The number of hydrogen-bond acceptors (Lipinski definition) is 2. The summed E-state index contributed by atoms with van der Waals surface area (Å²) in [5, 5.41) is 3.49. The average molecular weight is 219 g/mol. The van der Waals surface area contributed by atoms with Crippen LogP contribution >= 0.6 is 0 Å². The quantitative estimate of drug-likeness (QED) is 0.841. The van der Waals surface area contributed by atoms with Gasteiger partial charge in [0, 0.05) is 24.4 Å². The first-order chi connectivity index (χ1) is 7.93. The maximum absolute atomic E-state index is 4.29. The second kappa shape index (κ2) is 4.58. The molecule has 1 saturated heterocycles. The van der Waals surface area contributed by atoms with Gasteiger partial charge in [0.05, 0.1) is 6.33 Å². The SMILES string of the molecule is c1ncn(CCC2CCCNC2)c1C1CC1. The van der Waals surface area contributed by atoms with Crippen molar-refractivity contribution in [3.05, 3.63) is 18.2 Å². The Kier molecular flexibility index (Phi) is 2.96. The number of aryl methyl sites for hydroxylation is 1. The Morgan fingerprint density at radius 3 is 3.06 bits per heavy atom. The van der Waals surface area contributed by atoms with E-state index in [9.17, 15) is 0 Å². The topological polar surface area (TPSA) is 29.9 Å². The third kappa shape index (κ3) is 2.29. The molecule has 0 spiro atoms. The Hall–Kier alpha value is -0.830. The summed E-state index contributed by atoms with van der Waals surface area (Å²) in [6.07, 6.45) is 10.9. The maximum atomic E-state index is 4.29. The van der Waals surface area contributed by atoms with Crippen LogP contribution in [0.25, 0.3) is 0 Å². The van der Waals surface area contributed by atoms with E-state index in [0.717, 1.165) is 18.4 Å². The molecule has 3 nitrogen and oxygen atoms in total. The minimum absolute atomic E-state index is 0.826. The van der Waals surface area contributed by atoms with Crippen LogP contribution in [0.15, 0.2) is 12.5 Å². The van der Waals surface area contributed by atoms with E-state index in [0.29, 0.717) is 0 Å². The summed E-state index contributed by atoms with van der Waals surface area (Å²) in [5.74, 6) is 1.70. The summed E-state index contributed by atoms with van der Waals surface area (Å²) in [6, 6.07) is 0. The van der Waals surface area contributed by atoms with Crippen molar-refractivity contribution in [1.29, 1.82) is 0 Å². The van der Waals surface area contributed by atoms with E-state index in [-0.39, 0.29) is 0 Å². The molecule has 1 unspecified atom stereocenters. The van der Waals surface area contributed by atoms with Crippen molar-refractivity contribution < 1.29 is 0 Å². The van der Waals surface area contributed by atoms with Crippen molar-refractivity contribution in [3.63, 3.8) is 0 Å². The largest absolute Gasteiger partial charge is 0.334 e. The summed E-state index contributed by atoms with van der Waals surface area (Å²) in [6.45, 7) is 3.60. The van der Waals surface area contributed by atoms with E-state index in [1.54, 1.807) is 0 Å². The van der Waals surface area contributed by atoms with Crippen LogP contribution in [0, 0.1) is 5.92 Å². The van der Waals surface area contributed by atoms with Crippen molar-refractivity contribution in [2.75, 3.05) is 13.1 Å². The predicted octanol–water partition coefficient (Wildman–Crippen LogP) is 2.15. The third-order valence-corrected chi connectivity index (χ3v) is 3.92. The van der Waals surface area contributed by atoms with Gasteiger partial charge in [0.15, 0.2) is 0 Å². The molecule has 1 aliphatic heterocycles. The van der Waals surface area contributed by atoms with Crippen molar-refractivity contribution in [2.24, 2.45) is 5.92 Å². The van der Waals surface area contributed by atoms with Gasteiger partial charge in [-0.2, -0.15) is 0 Å². The van der Waals surface area contributed by atoms with E-state index < -0.39 is 0 Å². The molecule has 2 fully saturated rings. The average Bonchev–Trinajstić information content (AvgIpc) is 3.07. The van der Waals surface area contributed by atoms with Crippen LogP contribution in [0.4, 0.5) is 0 Å². The van der Waals surface area contributed by atoms with E-state index in [1.807, 2.05) is 6.33 Å². The van der Waals surface area contributed by atoms with Crippen molar-refractivity contribution in [3.8, 4) is 0 Å². The Labute approximate surface area is 97.3 Å². The van der Waals surface area contributed by atoms with Crippen LogP contribution in [-0.4, -0.2) is 22.6 Å². The Bertz CT molecular complexity index is 335. The number of nitrogens with zero attached hydrogens (tertiary/aromatic N) is 2. The smallest absolute Gasteiger partial charge is 0.0948 e. The first-order valence-corrected chi connectivity index (χ1v) is 6.64. The molecular weight excluding hydrogens is 198 g/mol. The molecule has 1 aliphatic carbocycles. The summed E-state index contributed by atoms with van der Waals surface area (Å²) in [4.78, 5) is 4.29. The van der Waals surface area contributed by atoms with Gasteiger partial charge in [0.1, 0.15) is 0 Å². The van der Waals surface area contributed by atoms with Crippen LogP contribution in [0.2, 0.25) is 0 Å². The molecule has 2 heterocycles. The lowest BCUT2D eigenvalue weighted by atomic mass is 9.96. The second-order valence-electron chi connectivity index (χ2n) is 5.29. The monoisotopic (exact) mass is 219 g/mol. The number of hydrogen-bond donors (Lipinski definition) is 1. The van der Waals surface area contributed by atoms with Gasteiger partial charge in [-0.3, -0.25) is 0 Å². The van der Waals surface area contributed by atoms with Gasteiger partial charge in [0.2, 0.25) is 0 Å². The minimum Gasteiger partial charge on any atom is -0.334 e. The molecule has 0 aromatic carbocycles. The first-order valence-electron chi connectivity index (χ1n) is 6.64. The van der Waals surface area contributed by atoms with Crippen molar-refractivity contribution in [1.82, 2.24) is 14.9 Å². The van der Waals surface area contributed by atoms with Crippen molar-refractivity contribution in [2.45, 2.75) is 44.6 Å². The molecule has 1 N–H and O–H groups in total. The fraction of sp³-hybridized carbons (Fsp3) is 0.769. The number of rotatable bonds is 4. The summed E-state index contributed by atoms with van der Waals surface area (Å²) >= 11 is 0. The van der Waals surface area contributed by atoms with E-state index in [4.69, 9.17) is 0 Å². The predicted molar refractivity (Wildman–Crippen MR) is 64.4 cm³/mol. The van der Waals surface area contributed by atoms with Gasteiger partial charge in [0.25, 0.3) is 0 Å². The highest BCUT2D eigenvalue weighted by Gasteiger charge is 2.26. The molecule has 0 amide bonds. The van der Waals surface area contributed by atoms with E-state index in [2.05, 4.69) is 21.1 Å². The maximum Gasteiger partial charge on any atom is 0.0948 e. The van der Waals surface area contributed by atoms with E-state index in [1.165, 1.54) is 50.9 Å². The molecule has 0 bridgehead atoms. The highest BCUT2D eigenvalue weighted by Crippen LogP contribution is 2.39. The molecule has 1 saturated carbocycles. The number of piperidine rings is 1. The number of aromatic nitrogens is 2. The molecule has 1 aromatic rings. The standard InChI is InChI=1S/C13H21N3/c1-2-11(8-14-6-1)5-7-16-10-15-9-13(16)12-3-4-12/h9-12,14H,1-8H2. The van der Waals surface area contributed by atoms with Gasteiger partial charge in [-0.1, -0.05) is 0 Å². The molecule has 1 aromatic heterocycles. The Balaban J connectivity index is 1.54. The molecule has 1 atom stereocenters. The van der Waals surface area contributed by atoms with Crippen LogP contribution in [0.3, 0.4) is 0 Å². The fourth-order valence-electron chi connectivity index (χ4n) is 2.73. The van der Waals surface area contributed by atoms with Crippen LogP contribution in [0.5, 0.6) is 0 Å². The normalized spacial score (nSPS) is 25.9. The highest BCUT2D eigenvalue weighted by molar-refractivity contribution is 5.12. The zero-order valence-corrected chi connectivity index (χ0v) is 9.86. The fourth-order valence-corrected chi connectivity index (χ4v) is 2.73. The zero-order valence-electron chi connectivity index (χ0n) is 9.86. The van der Waals surface area contributed by atoms with Crippen LogP contribution in [0.1, 0.15) is 43.7 Å². The molecule has 3 heteroatoms. The minimum atomic E-state index is 0.826. The summed E-state index contributed by atoms with van der Waals surface area (Å²) in [7, 11) is 0. The lowest BCUT2D eigenvalue weighted by Gasteiger charge is -2.23. The lowest BCUT2D eigenvalue weighted by molar-refractivity contribution is 0.340. The number of imidazole rings is 1. The van der Waals surface area contributed by atoms with Gasteiger partial charge >= 0.3 is 0 Å². The molecular formula is C13H21N3. The lowest BCUT2D eigenvalue weighted by Crippen LogP contribution is -2.30. The third-order valence-electron chi connectivity index (χ3n) is 3.92. The molecule has 88 valence electrons. The summed E-state index contributed by atoms with van der Waals surface area (Å²) < 4.78 is 2.38. The van der Waals surface area contributed by atoms with E-state index >= 15 is 0 Å². The molecule has 0 radical (unpaired) electrons. The van der Waals surface area contributed by atoms with Crippen LogP contribution in [-0.2, 0) is 6.54 Å². The second-order valence-corrected chi connectivity index (χ2v) is 5.29. The van der Waals surface area contributed by atoms with Crippen molar-refractivity contribution >= 4 is 0 Å². The zero-order chi connectivity index (χ0) is 10.8. The van der Waals surface area contributed by atoms with Gasteiger partial charge < -0.3 is 9.88 Å². The van der Waals surface area contributed by atoms with Gasteiger partial charge in [-0.15, -0.1) is 0 Å². The van der Waals surface area contributed by atoms with Gasteiger partial charge in [-0.25, -0.2) is 4.98 Å². The molecule has 16 heavy (non-hydrogen) atoms. The Morgan fingerprint density at radius 1 is 1.38 bits per heavy atom. The molecule has 2 aliphatic rings. The Morgan fingerprint density at radius 2 is 2.31 bits per heavy atom. The molecule has 3 rings (SSSR count). The van der Waals surface area contributed by atoms with Gasteiger partial charge in [-0.05, 0) is 51.1 Å². The van der Waals surface area contributed by atoms with Crippen LogP contribution < -0.4 is 5.32 Å². The number of nitrogens with one attached hydrogen (secondary N) is 1. The highest BCUT2D eigenvalue weighted by atomic mass is 15.0. The summed E-state index contributed by atoms with van der Waals surface area (Å²) in [5.41, 5.74) is 1.48.